The number of hydrogen-bond acceptors (Lipinski definition) is 3. The van der Waals surface area contributed by atoms with Crippen molar-refractivity contribution in [2.45, 2.75) is 135 Å². The maximum absolute atomic E-state index is 15.0. The number of halogens is 1. The van der Waals surface area contributed by atoms with Crippen LogP contribution in [-0.4, -0.2) is 24.4 Å². The van der Waals surface area contributed by atoms with E-state index in [1.807, 2.05) is 31.3 Å². The number of nitrogens with zero attached hydrogens (tertiary/aromatic N) is 1. The topological polar surface area (TPSA) is 31.4 Å². The smallest absolute Gasteiger partial charge is 0.185 e. The van der Waals surface area contributed by atoms with Gasteiger partial charge in [0.05, 0.1) is 18.9 Å². The van der Waals surface area contributed by atoms with Gasteiger partial charge in [-0.25, -0.2) is 4.39 Å². The largest absolute Gasteiger partial charge is 0.348 e. The number of benzene rings is 1. The fourth-order valence-corrected chi connectivity index (χ4v) is 5.82. The molecule has 0 aliphatic carbocycles. The van der Waals surface area contributed by atoms with Crippen molar-refractivity contribution in [2.24, 2.45) is 5.92 Å². The SMILES string of the molecule is CCCCCCCCCCCC[C@H]1CO[C@H](c2ccc(-c3ccccc3C(CCCC)C(F)CC)nc2)OC1. The van der Waals surface area contributed by atoms with E-state index in [1.54, 1.807) is 0 Å². The fraction of sp³-hybridized carbons (Fsp3) is 0.686. The van der Waals surface area contributed by atoms with Crippen molar-refractivity contribution in [1.29, 1.82) is 0 Å². The van der Waals surface area contributed by atoms with Crippen molar-refractivity contribution in [2.75, 3.05) is 13.2 Å². The molecule has 1 aliphatic heterocycles. The fourth-order valence-electron chi connectivity index (χ4n) is 5.82. The molecule has 2 heterocycles. The number of ether oxygens (including phenoxy) is 2. The van der Waals surface area contributed by atoms with Crippen LogP contribution in [0, 0.1) is 5.92 Å². The molecular formula is C35H54FNO2. The molecule has 2 unspecified atom stereocenters. The van der Waals surface area contributed by atoms with E-state index < -0.39 is 6.17 Å². The Morgan fingerprint density at radius 1 is 0.795 bits per heavy atom. The molecule has 1 aromatic heterocycles. The molecule has 0 amide bonds. The van der Waals surface area contributed by atoms with Gasteiger partial charge >= 0.3 is 0 Å². The highest BCUT2D eigenvalue weighted by molar-refractivity contribution is 5.64. The van der Waals surface area contributed by atoms with E-state index in [0.29, 0.717) is 12.3 Å². The molecule has 2 aromatic rings. The number of hydrogen-bond donors (Lipinski definition) is 0. The molecule has 0 spiro atoms. The summed E-state index contributed by atoms with van der Waals surface area (Å²) in [6.45, 7) is 7.88. The predicted octanol–water partition coefficient (Wildman–Crippen LogP) is 10.7. The molecule has 218 valence electrons. The van der Waals surface area contributed by atoms with Crippen LogP contribution in [0.1, 0.15) is 140 Å². The molecule has 1 aliphatic rings. The van der Waals surface area contributed by atoms with Gasteiger partial charge in [-0.2, -0.15) is 0 Å². The van der Waals surface area contributed by atoms with Gasteiger partial charge < -0.3 is 9.47 Å². The molecule has 0 radical (unpaired) electrons. The first-order chi connectivity index (χ1) is 19.2. The Morgan fingerprint density at radius 2 is 1.44 bits per heavy atom. The van der Waals surface area contributed by atoms with Gasteiger partial charge in [0, 0.05) is 29.2 Å². The van der Waals surface area contributed by atoms with Crippen molar-refractivity contribution < 1.29 is 13.9 Å². The van der Waals surface area contributed by atoms with E-state index in [4.69, 9.17) is 14.5 Å². The summed E-state index contributed by atoms with van der Waals surface area (Å²) >= 11 is 0. The second-order valence-electron chi connectivity index (χ2n) is 11.6. The maximum Gasteiger partial charge on any atom is 0.185 e. The van der Waals surface area contributed by atoms with Crippen LogP contribution in [0.2, 0.25) is 0 Å². The quantitative estimate of drug-likeness (QED) is 0.166. The van der Waals surface area contributed by atoms with E-state index in [-0.39, 0.29) is 12.2 Å². The van der Waals surface area contributed by atoms with E-state index in [0.717, 1.165) is 54.9 Å². The number of pyridine rings is 1. The molecule has 1 fully saturated rings. The normalized spacial score (nSPS) is 19.2. The summed E-state index contributed by atoms with van der Waals surface area (Å²) in [4.78, 5) is 4.78. The van der Waals surface area contributed by atoms with Gasteiger partial charge in [-0.15, -0.1) is 0 Å². The highest BCUT2D eigenvalue weighted by atomic mass is 19.1. The highest BCUT2D eigenvalue weighted by Gasteiger charge is 2.26. The highest BCUT2D eigenvalue weighted by Crippen LogP contribution is 2.36. The molecule has 1 saturated heterocycles. The van der Waals surface area contributed by atoms with Crippen molar-refractivity contribution in [1.82, 2.24) is 4.98 Å². The van der Waals surface area contributed by atoms with E-state index in [2.05, 4.69) is 32.0 Å². The Kier molecular flexibility index (Phi) is 15.1. The van der Waals surface area contributed by atoms with Gasteiger partial charge in [-0.1, -0.05) is 128 Å². The average Bonchev–Trinajstić information content (AvgIpc) is 2.99. The van der Waals surface area contributed by atoms with Crippen LogP contribution in [0.3, 0.4) is 0 Å². The molecule has 4 heteroatoms. The summed E-state index contributed by atoms with van der Waals surface area (Å²) in [7, 11) is 0. The van der Waals surface area contributed by atoms with Crippen LogP contribution < -0.4 is 0 Å². The minimum Gasteiger partial charge on any atom is -0.348 e. The summed E-state index contributed by atoms with van der Waals surface area (Å²) in [5.41, 5.74) is 3.94. The molecule has 2 atom stereocenters. The molecule has 0 saturated carbocycles. The van der Waals surface area contributed by atoms with Crippen molar-refractivity contribution in [3.05, 3.63) is 53.7 Å². The molecule has 39 heavy (non-hydrogen) atoms. The molecule has 3 rings (SSSR count). The van der Waals surface area contributed by atoms with Crippen molar-refractivity contribution in [3.8, 4) is 11.3 Å². The molecule has 3 nitrogen and oxygen atoms in total. The lowest BCUT2D eigenvalue weighted by Gasteiger charge is -2.29. The Balaban J connectivity index is 1.44. The van der Waals surface area contributed by atoms with Gasteiger partial charge in [-0.3, -0.25) is 4.98 Å². The first-order valence-electron chi connectivity index (χ1n) is 16.1. The lowest BCUT2D eigenvalue weighted by atomic mass is 9.84. The zero-order valence-corrected chi connectivity index (χ0v) is 25.0. The number of aromatic nitrogens is 1. The third-order valence-electron chi connectivity index (χ3n) is 8.32. The summed E-state index contributed by atoms with van der Waals surface area (Å²) in [5, 5.41) is 0. The molecule has 0 N–H and O–H groups in total. The third kappa shape index (κ3) is 10.6. The lowest BCUT2D eigenvalue weighted by molar-refractivity contribution is -0.206. The van der Waals surface area contributed by atoms with Crippen molar-refractivity contribution in [3.63, 3.8) is 0 Å². The maximum atomic E-state index is 15.0. The zero-order chi connectivity index (χ0) is 27.7. The van der Waals surface area contributed by atoms with Gasteiger partial charge in [0.1, 0.15) is 6.17 Å². The zero-order valence-electron chi connectivity index (χ0n) is 25.0. The second-order valence-corrected chi connectivity index (χ2v) is 11.6. The number of unbranched alkanes of at least 4 members (excludes halogenated alkanes) is 10. The second kappa shape index (κ2) is 18.5. The number of alkyl halides is 1. The number of rotatable bonds is 19. The molecular weight excluding hydrogens is 485 g/mol. The average molecular weight is 540 g/mol. The van der Waals surface area contributed by atoms with Gasteiger partial charge in [0.15, 0.2) is 6.29 Å². The summed E-state index contributed by atoms with van der Waals surface area (Å²) in [6.07, 6.45) is 19.0. The summed E-state index contributed by atoms with van der Waals surface area (Å²) in [5.74, 6) is 0.395. The van der Waals surface area contributed by atoms with Crippen molar-refractivity contribution >= 4 is 0 Å². The van der Waals surface area contributed by atoms with Crippen LogP contribution >= 0.6 is 0 Å². The Bertz CT molecular complexity index is 894. The standard InChI is InChI=1S/C35H54FNO2/c1-4-7-9-10-11-12-13-14-15-16-19-28-26-38-35(39-27-28)29-23-24-34(37-25-29)32-22-18-17-21-30(32)31(20-8-5-2)33(36)6-3/h17-18,21-25,28,31,33,35H,4-16,19-20,26-27H2,1-3H3/t28-,31?,33?,35-. The van der Waals surface area contributed by atoms with Crippen LogP contribution in [0.5, 0.6) is 0 Å². The van der Waals surface area contributed by atoms with Gasteiger partial charge in [0.2, 0.25) is 0 Å². The first-order valence-corrected chi connectivity index (χ1v) is 16.1. The van der Waals surface area contributed by atoms with Gasteiger partial charge in [0.25, 0.3) is 0 Å². The van der Waals surface area contributed by atoms with E-state index in [9.17, 15) is 4.39 Å². The van der Waals surface area contributed by atoms with Crippen LogP contribution in [-0.2, 0) is 9.47 Å². The predicted molar refractivity (Wildman–Crippen MR) is 162 cm³/mol. The van der Waals surface area contributed by atoms with E-state index >= 15 is 0 Å². The lowest BCUT2D eigenvalue weighted by Crippen LogP contribution is -2.27. The summed E-state index contributed by atoms with van der Waals surface area (Å²) < 4.78 is 27.2. The van der Waals surface area contributed by atoms with E-state index in [1.165, 1.54) is 70.6 Å². The van der Waals surface area contributed by atoms with Crippen LogP contribution in [0.4, 0.5) is 4.39 Å². The van der Waals surface area contributed by atoms with Crippen LogP contribution in [0.25, 0.3) is 11.3 Å². The molecule has 0 bridgehead atoms. The minimum absolute atomic E-state index is 0.0925. The van der Waals surface area contributed by atoms with Gasteiger partial charge in [-0.05, 0) is 30.9 Å². The van der Waals surface area contributed by atoms with Crippen LogP contribution in [0.15, 0.2) is 42.6 Å². The summed E-state index contributed by atoms with van der Waals surface area (Å²) in [6, 6.07) is 12.3. The Hall–Kier alpha value is -1.78. The Morgan fingerprint density at radius 3 is 2.05 bits per heavy atom. The Labute approximate surface area is 238 Å². The molecule has 1 aromatic carbocycles. The minimum atomic E-state index is -0.839. The third-order valence-corrected chi connectivity index (χ3v) is 8.32. The first kappa shape index (κ1) is 31.7. The monoisotopic (exact) mass is 539 g/mol.